The van der Waals surface area contributed by atoms with Gasteiger partial charge in [0.1, 0.15) is 6.61 Å². The summed E-state index contributed by atoms with van der Waals surface area (Å²) in [6.45, 7) is 5.04. The van der Waals surface area contributed by atoms with Crippen LogP contribution < -0.4 is 5.32 Å². The minimum Gasteiger partial charge on any atom is -0.384 e. The van der Waals surface area contributed by atoms with E-state index in [-0.39, 0.29) is 12.5 Å². The van der Waals surface area contributed by atoms with Crippen LogP contribution in [0.5, 0.6) is 0 Å². The quantitative estimate of drug-likeness (QED) is 0.811. The standard InChI is InChI=1S/C16H19NO2/c1-16(2)10-14(16)11-17-15(19)13-7-5-12(6-8-13)4-3-9-18/h5-8,14,18H,9-11H2,1-2H3,(H,17,19). The summed E-state index contributed by atoms with van der Waals surface area (Å²) in [5.41, 5.74) is 1.83. The van der Waals surface area contributed by atoms with E-state index in [2.05, 4.69) is 31.0 Å². The highest BCUT2D eigenvalue weighted by molar-refractivity contribution is 5.94. The van der Waals surface area contributed by atoms with E-state index < -0.39 is 0 Å². The van der Waals surface area contributed by atoms with Crippen LogP contribution in [0.2, 0.25) is 0 Å². The number of amides is 1. The number of aliphatic hydroxyl groups excluding tert-OH is 1. The molecule has 1 unspecified atom stereocenters. The lowest BCUT2D eigenvalue weighted by atomic mass is 10.1. The first kappa shape index (κ1) is 13.6. The average molecular weight is 257 g/mol. The van der Waals surface area contributed by atoms with Gasteiger partial charge in [-0.2, -0.15) is 0 Å². The molecule has 2 N–H and O–H groups in total. The van der Waals surface area contributed by atoms with Crippen molar-refractivity contribution < 1.29 is 9.90 Å². The highest BCUT2D eigenvalue weighted by Gasteiger charge is 2.45. The van der Waals surface area contributed by atoms with Gasteiger partial charge in [-0.3, -0.25) is 4.79 Å². The minimum atomic E-state index is -0.153. The second-order valence-electron chi connectivity index (χ2n) is 5.64. The molecular weight excluding hydrogens is 238 g/mol. The molecule has 3 heteroatoms. The number of rotatable bonds is 3. The maximum absolute atomic E-state index is 11.9. The van der Waals surface area contributed by atoms with Crippen molar-refractivity contribution >= 4 is 5.91 Å². The van der Waals surface area contributed by atoms with Crippen molar-refractivity contribution in [3.63, 3.8) is 0 Å². The molecule has 0 aromatic heterocycles. The van der Waals surface area contributed by atoms with Gasteiger partial charge < -0.3 is 10.4 Å². The van der Waals surface area contributed by atoms with Crippen molar-refractivity contribution in [1.82, 2.24) is 5.32 Å². The Morgan fingerprint density at radius 1 is 1.42 bits per heavy atom. The Morgan fingerprint density at radius 3 is 2.58 bits per heavy atom. The highest BCUT2D eigenvalue weighted by Crippen LogP contribution is 2.50. The average Bonchev–Trinajstić information content (AvgIpc) is 3.02. The van der Waals surface area contributed by atoms with Crippen molar-refractivity contribution in [2.45, 2.75) is 20.3 Å². The van der Waals surface area contributed by atoms with Gasteiger partial charge in [0, 0.05) is 17.7 Å². The summed E-state index contributed by atoms with van der Waals surface area (Å²) in [5, 5.41) is 11.6. The van der Waals surface area contributed by atoms with Crippen LogP contribution >= 0.6 is 0 Å². The normalized spacial score (nSPS) is 19.2. The number of hydrogen-bond acceptors (Lipinski definition) is 2. The van der Waals surface area contributed by atoms with Crippen molar-refractivity contribution in [1.29, 1.82) is 0 Å². The number of aliphatic hydroxyl groups is 1. The Morgan fingerprint density at radius 2 is 2.05 bits per heavy atom. The summed E-state index contributed by atoms with van der Waals surface area (Å²) < 4.78 is 0. The van der Waals surface area contributed by atoms with E-state index in [0.717, 1.165) is 12.1 Å². The molecule has 0 radical (unpaired) electrons. The molecule has 1 aromatic carbocycles. The van der Waals surface area contributed by atoms with Gasteiger partial charge in [-0.25, -0.2) is 0 Å². The molecule has 19 heavy (non-hydrogen) atoms. The Bertz CT molecular complexity index is 520. The fraction of sp³-hybridized carbons (Fsp3) is 0.438. The van der Waals surface area contributed by atoms with Crippen LogP contribution in [0, 0.1) is 23.2 Å². The highest BCUT2D eigenvalue weighted by atomic mass is 16.2. The van der Waals surface area contributed by atoms with Crippen molar-refractivity contribution in [2.75, 3.05) is 13.2 Å². The number of nitrogens with one attached hydrogen (secondary N) is 1. The zero-order valence-electron chi connectivity index (χ0n) is 11.4. The Kier molecular flexibility index (Phi) is 3.92. The first-order valence-electron chi connectivity index (χ1n) is 6.51. The molecule has 1 saturated carbocycles. The van der Waals surface area contributed by atoms with Gasteiger partial charge in [0.2, 0.25) is 0 Å². The van der Waals surface area contributed by atoms with E-state index in [1.165, 1.54) is 6.42 Å². The Labute approximate surface area is 114 Å². The number of carbonyl (C=O) groups is 1. The molecular formula is C16H19NO2. The molecule has 0 aliphatic heterocycles. The number of hydrogen-bond donors (Lipinski definition) is 2. The third-order valence-corrected chi connectivity index (χ3v) is 3.69. The van der Waals surface area contributed by atoms with Gasteiger partial charge >= 0.3 is 0 Å². The predicted octanol–water partition coefficient (Wildman–Crippen LogP) is 1.81. The summed E-state index contributed by atoms with van der Waals surface area (Å²) in [4.78, 5) is 11.9. The van der Waals surface area contributed by atoms with Crippen LogP contribution in [-0.4, -0.2) is 24.2 Å². The zero-order chi connectivity index (χ0) is 13.9. The molecule has 1 amide bonds. The summed E-state index contributed by atoms with van der Waals surface area (Å²) in [6, 6.07) is 7.10. The largest absolute Gasteiger partial charge is 0.384 e. The monoisotopic (exact) mass is 257 g/mol. The molecule has 1 aliphatic carbocycles. The fourth-order valence-corrected chi connectivity index (χ4v) is 2.09. The molecule has 2 rings (SSSR count). The van der Waals surface area contributed by atoms with Crippen LogP contribution in [0.25, 0.3) is 0 Å². The summed E-state index contributed by atoms with van der Waals surface area (Å²) >= 11 is 0. The van der Waals surface area contributed by atoms with E-state index in [4.69, 9.17) is 5.11 Å². The van der Waals surface area contributed by atoms with E-state index in [0.29, 0.717) is 16.9 Å². The molecule has 1 fully saturated rings. The molecule has 3 nitrogen and oxygen atoms in total. The fourth-order valence-electron chi connectivity index (χ4n) is 2.09. The molecule has 1 aliphatic rings. The third kappa shape index (κ3) is 3.59. The van der Waals surface area contributed by atoms with E-state index in [9.17, 15) is 4.79 Å². The minimum absolute atomic E-state index is 0.0376. The first-order valence-corrected chi connectivity index (χ1v) is 6.51. The van der Waals surface area contributed by atoms with Gasteiger partial charge in [0.25, 0.3) is 5.91 Å². The Hall–Kier alpha value is -1.79. The second kappa shape index (κ2) is 5.46. The lowest BCUT2D eigenvalue weighted by Gasteiger charge is -2.06. The SMILES string of the molecule is CC1(C)CC1CNC(=O)c1ccc(C#CCO)cc1. The van der Waals surface area contributed by atoms with E-state index >= 15 is 0 Å². The van der Waals surface area contributed by atoms with Crippen molar-refractivity contribution in [3.05, 3.63) is 35.4 Å². The van der Waals surface area contributed by atoms with E-state index in [1.54, 1.807) is 24.3 Å². The smallest absolute Gasteiger partial charge is 0.251 e. The summed E-state index contributed by atoms with van der Waals surface area (Å²) in [6.07, 6.45) is 1.18. The molecule has 0 bridgehead atoms. The van der Waals surface area contributed by atoms with Gasteiger partial charge in [-0.15, -0.1) is 0 Å². The molecule has 100 valence electrons. The predicted molar refractivity (Wildman–Crippen MR) is 74.6 cm³/mol. The van der Waals surface area contributed by atoms with Crippen molar-refractivity contribution in [3.8, 4) is 11.8 Å². The summed E-state index contributed by atoms with van der Waals surface area (Å²) in [5.74, 6) is 5.94. The molecule has 0 saturated heterocycles. The molecule has 0 heterocycles. The lowest BCUT2D eigenvalue weighted by Crippen LogP contribution is -2.26. The van der Waals surface area contributed by atoms with Crippen LogP contribution in [0.4, 0.5) is 0 Å². The first-order chi connectivity index (χ1) is 9.03. The van der Waals surface area contributed by atoms with Crippen molar-refractivity contribution in [2.24, 2.45) is 11.3 Å². The number of carbonyl (C=O) groups excluding carboxylic acids is 1. The molecule has 0 spiro atoms. The molecule has 1 aromatic rings. The van der Waals surface area contributed by atoms with Crippen LogP contribution in [0.15, 0.2) is 24.3 Å². The second-order valence-corrected chi connectivity index (χ2v) is 5.64. The number of benzene rings is 1. The van der Waals surface area contributed by atoms with Crippen LogP contribution in [-0.2, 0) is 0 Å². The maximum Gasteiger partial charge on any atom is 0.251 e. The third-order valence-electron chi connectivity index (χ3n) is 3.69. The van der Waals surface area contributed by atoms with Gasteiger partial charge in [-0.1, -0.05) is 25.7 Å². The molecule has 1 atom stereocenters. The van der Waals surface area contributed by atoms with Crippen LogP contribution in [0.1, 0.15) is 36.2 Å². The maximum atomic E-state index is 11.9. The summed E-state index contributed by atoms with van der Waals surface area (Å²) in [7, 11) is 0. The topological polar surface area (TPSA) is 49.3 Å². The zero-order valence-corrected chi connectivity index (χ0v) is 11.4. The van der Waals surface area contributed by atoms with E-state index in [1.807, 2.05) is 0 Å². The Balaban J connectivity index is 1.89. The van der Waals surface area contributed by atoms with Gasteiger partial charge in [0.15, 0.2) is 0 Å². The van der Waals surface area contributed by atoms with Gasteiger partial charge in [0.05, 0.1) is 0 Å². The lowest BCUT2D eigenvalue weighted by molar-refractivity contribution is 0.0950. The van der Waals surface area contributed by atoms with Crippen LogP contribution in [0.3, 0.4) is 0 Å². The van der Waals surface area contributed by atoms with Gasteiger partial charge in [-0.05, 0) is 42.0 Å².